The molecule has 8 nitrogen and oxygen atoms in total. The van der Waals surface area contributed by atoms with Crippen LogP contribution in [0.5, 0.6) is 5.75 Å². The van der Waals surface area contributed by atoms with Crippen LogP contribution in [0.2, 0.25) is 0 Å². The molecule has 0 aliphatic heterocycles. The zero-order valence-electron chi connectivity index (χ0n) is 11.9. The number of H-pyrrole nitrogens is 1. The Labute approximate surface area is 134 Å². The van der Waals surface area contributed by atoms with Gasteiger partial charge in [-0.2, -0.15) is 10.1 Å². The smallest absolute Gasteiger partial charge is 0.277 e. The fourth-order valence-electron chi connectivity index (χ4n) is 1.98. The van der Waals surface area contributed by atoms with E-state index in [1.54, 1.807) is 7.11 Å². The molecule has 1 N–H and O–H groups in total. The summed E-state index contributed by atoms with van der Waals surface area (Å²) in [5.74, 6) is 1.94. The van der Waals surface area contributed by atoms with Gasteiger partial charge in [0.25, 0.3) is 5.89 Å². The first-order valence-corrected chi connectivity index (χ1v) is 7.51. The summed E-state index contributed by atoms with van der Waals surface area (Å²) in [6, 6.07) is 7.70. The second-order valence-corrected chi connectivity index (χ2v) is 5.38. The maximum absolute atomic E-state index is 5.24. The van der Waals surface area contributed by atoms with E-state index in [9.17, 15) is 0 Å². The number of aromatic amines is 1. The minimum atomic E-state index is 0.340. The molecule has 0 spiro atoms. The molecule has 0 unspecified atom stereocenters. The van der Waals surface area contributed by atoms with Crippen LogP contribution >= 0.6 is 11.3 Å². The van der Waals surface area contributed by atoms with Gasteiger partial charge in [0.15, 0.2) is 5.82 Å². The predicted octanol–water partition coefficient (Wildman–Crippen LogP) is 2.65. The van der Waals surface area contributed by atoms with Crippen molar-refractivity contribution in [3.63, 3.8) is 0 Å². The van der Waals surface area contributed by atoms with E-state index in [0.29, 0.717) is 23.2 Å². The largest absolute Gasteiger partial charge is 0.497 e. The molecule has 9 heteroatoms. The number of nitrogens with one attached hydrogen (secondary N) is 1. The molecule has 0 aliphatic rings. The summed E-state index contributed by atoms with van der Waals surface area (Å²) in [5.41, 5.74) is 1.62. The van der Waals surface area contributed by atoms with E-state index >= 15 is 0 Å². The molecule has 0 bridgehead atoms. The highest BCUT2D eigenvalue weighted by atomic mass is 32.1. The Bertz CT molecular complexity index is 913. The first-order chi connectivity index (χ1) is 11.3. The number of rotatable bonds is 4. The first-order valence-electron chi connectivity index (χ1n) is 6.63. The molecule has 3 aromatic heterocycles. The van der Waals surface area contributed by atoms with Gasteiger partial charge in [0.05, 0.1) is 7.11 Å². The van der Waals surface area contributed by atoms with Crippen molar-refractivity contribution < 1.29 is 9.26 Å². The molecule has 0 saturated heterocycles. The van der Waals surface area contributed by atoms with Crippen molar-refractivity contribution >= 4 is 11.3 Å². The third kappa shape index (κ3) is 2.57. The fraction of sp³-hybridized carbons (Fsp3) is 0.0714. The molecular weight excluding hydrogens is 316 g/mol. The highest BCUT2D eigenvalue weighted by Crippen LogP contribution is 2.29. The Hall–Kier alpha value is -3.07. The van der Waals surface area contributed by atoms with Crippen LogP contribution < -0.4 is 4.74 Å². The summed E-state index contributed by atoms with van der Waals surface area (Å²) < 4.78 is 10.4. The van der Waals surface area contributed by atoms with Gasteiger partial charge in [-0.05, 0) is 24.3 Å². The van der Waals surface area contributed by atoms with Gasteiger partial charge in [-0.25, -0.2) is 9.97 Å². The summed E-state index contributed by atoms with van der Waals surface area (Å²) in [7, 11) is 1.64. The number of hydrogen-bond donors (Lipinski definition) is 1. The zero-order valence-corrected chi connectivity index (χ0v) is 12.7. The highest BCUT2D eigenvalue weighted by molar-refractivity contribution is 7.13. The second kappa shape index (κ2) is 5.61. The van der Waals surface area contributed by atoms with Crippen molar-refractivity contribution in [1.29, 1.82) is 0 Å². The second-order valence-electron chi connectivity index (χ2n) is 4.52. The molecule has 23 heavy (non-hydrogen) atoms. The first kappa shape index (κ1) is 13.6. The number of nitrogens with zero attached hydrogens (tertiary/aromatic N) is 5. The molecule has 114 valence electrons. The number of hydrogen-bond acceptors (Lipinski definition) is 8. The molecule has 0 aliphatic carbocycles. The topological polar surface area (TPSA) is 103 Å². The van der Waals surface area contributed by atoms with E-state index in [4.69, 9.17) is 9.26 Å². The van der Waals surface area contributed by atoms with Crippen molar-refractivity contribution in [2.75, 3.05) is 7.11 Å². The molecule has 0 amide bonds. The van der Waals surface area contributed by atoms with Crippen molar-refractivity contribution in [2.45, 2.75) is 0 Å². The summed E-state index contributed by atoms with van der Waals surface area (Å²) in [6.45, 7) is 0. The summed E-state index contributed by atoms with van der Waals surface area (Å²) in [5, 5.41) is 13.0. The maximum atomic E-state index is 5.24. The SMILES string of the molecule is COc1ccc(-c2nc(-c3nc(-c4ncn[nH]4)no3)cs2)cc1. The number of benzene rings is 1. The van der Waals surface area contributed by atoms with Crippen LogP contribution in [0.3, 0.4) is 0 Å². The lowest BCUT2D eigenvalue weighted by molar-refractivity contribution is 0.415. The molecule has 3 heterocycles. The van der Waals surface area contributed by atoms with Gasteiger partial charge in [-0.1, -0.05) is 5.16 Å². The molecule has 0 atom stereocenters. The third-order valence-electron chi connectivity index (χ3n) is 3.11. The fourth-order valence-corrected chi connectivity index (χ4v) is 2.78. The van der Waals surface area contributed by atoms with Gasteiger partial charge in [0, 0.05) is 10.9 Å². The minimum Gasteiger partial charge on any atom is -0.497 e. The van der Waals surface area contributed by atoms with Gasteiger partial charge in [0.1, 0.15) is 22.8 Å². The summed E-state index contributed by atoms with van der Waals surface area (Å²) >= 11 is 1.50. The Balaban J connectivity index is 1.62. The van der Waals surface area contributed by atoms with Gasteiger partial charge < -0.3 is 9.26 Å². The van der Waals surface area contributed by atoms with E-state index in [2.05, 4.69) is 30.3 Å². The van der Waals surface area contributed by atoms with Crippen molar-refractivity contribution in [1.82, 2.24) is 30.3 Å². The van der Waals surface area contributed by atoms with Crippen LogP contribution in [0.1, 0.15) is 0 Å². The van der Waals surface area contributed by atoms with Crippen LogP contribution in [-0.4, -0.2) is 37.4 Å². The lowest BCUT2D eigenvalue weighted by atomic mass is 10.2. The Morgan fingerprint density at radius 2 is 2.04 bits per heavy atom. The van der Waals surface area contributed by atoms with Crippen LogP contribution in [0.25, 0.3) is 33.8 Å². The van der Waals surface area contributed by atoms with Crippen LogP contribution in [-0.2, 0) is 0 Å². The lowest BCUT2D eigenvalue weighted by Crippen LogP contribution is -1.84. The Morgan fingerprint density at radius 3 is 2.78 bits per heavy atom. The molecule has 4 rings (SSSR count). The summed E-state index contributed by atoms with van der Waals surface area (Å²) in [6.07, 6.45) is 1.38. The van der Waals surface area contributed by atoms with Crippen molar-refractivity contribution in [3.05, 3.63) is 36.0 Å². The standard InChI is InChI=1S/C14H10N6O2S/c1-21-9-4-2-8(3-5-9)14-17-10(6-23-14)13-18-12(20-22-13)11-15-7-16-19-11/h2-7H,1H3,(H,15,16,19). The minimum absolute atomic E-state index is 0.340. The van der Waals surface area contributed by atoms with Gasteiger partial charge in [0.2, 0.25) is 5.82 Å². The average Bonchev–Trinajstić information content (AvgIpc) is 3.34. The maximum Gasteiger partial charge on any atom is 0.277 e. The van der Waals surface area contributed by atoms with Crippen LogP contribution in [0, 0.1) is 0 Å². The van der Waals surface area contributed by atoms with E-state index < -0.39 is 0 Å². The predicted molar refractivity (Wildman–Crippen MR) is 82.8 cm³/mol. The van der Waals surface area contributed by atoms with Crippen LogP contribution in [0.4, 0.5) is 0 Å². The quantitative estimate of drug-likeness (QED) is 0.615. The summed E-state index contributed by atoms with van der Waals surface area (Å²) in [4.78, 5) is 12.8. The van der Waals surface area contributed by atoms with Crippen LogP contribution in [0.15, 0.2) is 40.5 Å². The van der Waals surface area contributed by atoms with Gasteiger partial charge in [-0.15, -0.1) is 11.3 Å². The van der Waals surface area contributed by atoms with E-state index in [0.717, 1.165) is 16.3 Å². The lowest BCUT2D eigenvalue weighted by Gasteiger charge is -1.99. The number of thiazole rings is 1. The number of aromatic nitrogens is 6. The molecule has 0 fully saturated rings. The van der Waals surface area contributed by atoms with Crippen molar-refractivity contribution in [3.8, 4) is 39.6 Å². The average molecular weight is 326 g/mol. The normalized spacial score (nSPS) is 10.8. The molecular formula is C14H10N6O2S. The van der Waals surface area contributed by atoms with Gasteiger partial charge >= 0.3 is 0 Å². The van der Waals surface area contributed by atoms with Gasteiger partial charge in [-0.3, -0.25) is 5.10 Å². The molecule has 0 radical (unpaired) electrons. The van der Waals surface area contributed by atoms with E-state index in [-0.39, 0.29) is 0 Å². The Morgan fingerprint density at radius 1 is 1.17 bits per heavy atom. The molecule has 0 saturated carbocycles. The number of ether oxygens (including phenoxy) is 1. The molecule has 1 aromatic carbocycles. The van der Waals surface area contributed by atoms with E-state index in [1.165, 1.54) is 17.7 Å². The Kier molecular flexibility index (Phi) is 3.31. The monoisotopic (exact) mass is 326 g/mol. The van der Waals surface area contributed by atoms with Crippen molar-refractivity contribution in [2.24, 2.45) is 0 Å². The number of methoxy groups -OCH3 is 1. The third-order valence-corrected chi connectivity index (χ3v) is 4.00. The molecule has 4 aromatic rings. The highest BCUT2D eigenvalue weighted by Gasteiger charge is 2.15. The van der Waals surface area contributed by atoms with E-state index in [1.807, 2.05) is 29.6 Å². The zero-order chi connectivity index (χ0) is 15.6.